The Balaban J connectivity index is 1.59. The normalized spacial score (nSPS) is 16.7. The Bertz CT molecular complexity index is 752. The summed E-state index contributed by atoms with van der Waals surface area (Å²) >= 11 is 0. The molecule has 3 rings (SSSR count). The van der Waals surface area contributed by atoms with Crippen molar-refractivity contribution in [3.63, 3.8) is 0 Å². The van der Waals surface area contributed by atoms with Crippen LogP contribution in [-0.4, -0.2) is 52.0 Å². The van der Waals surface area contributed by atoms with Crippen LogP contribution in [0, 0.1) is 6.92 Å². The molecule has 1 aliphatic rings. The molecule has 2 aromatic rings. The molecule has 26 heavy (non-hydrogen) atoms. The number of aromatic nitrogens is 3. The van der Waals surface area contributed by atoms with Crippen LogP contribution in [0.4, 0.5) is 10.5 Å². The lowest BCUT2D eigenvalue weighted by Gasteiger charge is -2.20. The summed E-state index contributed by atoms with van der Waals surface area (Å²) in [6.07, 6.45) is 6.30. The van der Waals surface area contributed by atoms with Crippen molar-refractivity contribution in [2.75, 3.05) is 25.5 Å². The van der Waals surface area contributed by atoms with Crippen LogP contribution in [0.15, 0.2) is 24.5 Å². The number of nitrogens with one attached hydrogen (secondary N) is 1. The van der Waals surface area contributed by atoms with Gasteiger partial charge in [-0.2, -0.15) is 0 Å². The average molecular weight is 357 g/mol. The van der Waals surface area contributed by atoms with Gasteiger partial charge >= 0.3 is 6.03 Å². The lowest BCUT2D eigenvalue weighted by molar-refractivity contribution is 0.101. The van der Waals surface area contributed by atoms with Crippen molar-refractivity contribution in [2.45, 2.75) is 38.7 Å². The smallest absolute Gasteiger partial charge is 0.321 e. The number of hydrogen-bond acceptors (Lipinski definition) is 4. The van der Waals surface area contributed by atoms with Crippen LogP contribution < -0.4 is 5.32 Å². The van der Waals surface area contributed by atoms with Gasteiger partial charge in [0.05, 0.1) is 6.10 Å². The monoisotopic (exact) mass is 357 g/mol. The van der Waals surface area contributed by atoms with Crippen molar-refractivity contribution >= 4 is 11.7 Å². The van der Waals surface area contributed by atoms with Crippen LogP contribution in [0.3, 0.4) is 0 Å². The first-order valence-corrected chi connectivity index (χ1v) is 9.14. The second-order valence-corrected chi connectivity index (χ2v) is 6.87. The summed E-state index contributed by atoms with van der Waals surface area (Å²) in [6, 6.07) is 5.72. The maximum absolute atomic E-state index is 12.5. The van der Waals surface area contributed by atoms with E-state index in [1.807, 2.05) is 43.8 Å². The number of urea groups is 1. The summed E-state index contributed by atoms with van der Waals surface area (Å²) in [5, 5.41) is 11.1. The number of anilines is 1. The predicted molar refractivity (Wildman–Crippen MR) is 101 cm³/mol. The van der Waals surface area contributed by atoms with Crippen LogP contribution in [0.5, 0.6) is 0 Å². The highest BCUT2D eigenvalue weighted by Crippen LogP contribution is 2.27. The zero-order valence-electron chi connectivity index (χ0n) is 15.7. The van der Waals surface area contributed by atoms with Gasteiger partial charge in [-0.1, -0.05) is 12.1 Å². The number of carbonyl (C=O) groups is 1. The van der Waals surface area contributed by atoms with E-state index in [-0.39, 0.29) is 6.03 Å². The van der Waals surface area contributed by atoms with Gasteiger partial charge in [0.15, 0.2) is 5.82 Å². The van der Waals surface area contributed by atoms with E-state index in [1.54, 1.807) is 11.2 Å². The van der Waals surface area contributed by atoms with Crippen LogP contribution >= 0.6 is 0 Å². The zero-order valence-corrected chi connectivity index (χ0v) is 15.7. The first-order valence-electron chi connectivity index (χ1n) is 9.14. The van der Waals surface area contributed by atoms with Crippen molar-refractivity contribution in [1.29, 1.82) is 0 Å². The molecule has 2 amide bonds. The molecule has 0 unspecified atom stereocenters. The number of ether oxygens (including phenoxy) is 1. The molecule has 1 atom stereocenters. The van der Waals surface area contributed by atoms with Gasteiger partial charge in [0.2, 0.25) is 0 Å². The second kappa shape index (κ2) is 8.31. The molecule has 2 heterocycles. The number of rotatable bonds is 6. The fourth-order valence-corrected chi connectivity index (χ4v) is 3.28. The van der Waals surface area contributed by atoms with E-state index in [9.17, 15) is 4.79 Å². The third-order valence-corrected chi connectivity index (χ3v) is 4.92. The van der Waals surface area contributed by atoms with Gasteiger partial charge in [-0.25, -0.2) is 4.79 Å². The number of carbonyl (C=O) groups excluding carboxylic acids is 1. The molecule has 0 saturated carbocycles. The standard InChI is InChI=1S/C19H27N5O2/c1-14-16(18-22-20-13-24(18)3)9-4-10-17(14)21-19(25)23(2)11-5-7-15-8-6-12-26-15/h4,9-10,13,15H,5-8,11-12H2,1-3H3,(H,21,25)/t15-/m0/s1. The topological polar surface area (TPSA) is 72.3 Å². The van der Waals surface area contributed by atoms with E-state index in [0.717, 1.165) is 54.9 Å². The zero-order chi connectivity index (χ0) is 18.5. The SMILES string of the molecule is Cc1c(NC(=O)N(C)CCC[C@H]2CCCO2)cccc1-c1nncn1C. The molecule has 7 heteroatoms. The largest absolute Gasteiger partial charge is 0.378 e. The van der Waals surface area contributed by atoms with Gasteiger partial charge < -0.3 is 19.5 Å². The van der Waals surface area contributed by atoms with E-state index in [4.69, 9.17) is 4.74 Å². The molecule has 0 aliphatic carbocycles. The van der Waals surface area contributed by atoms with Gasteiger partial charge in [-0.3, -0.25) is 0 Å². The average Bonchev–Trinajstić information content (AvgIpc) is 3.28. The van der Waals surface area contributed by atoms with E-state index in [0.29, 0.717) is 12.6 Å². The van der Waals surface area contributed by atoms with Crippen molar-refractivity contribution in [1.82, 2.24) is 19.7 Å². The fourth-order valence-electron chi connectivity index (χ4n) is 3.28. The number of benzene rings is 1. The lowest BCUT2D eigenvalue weighted by atomic mass is 10.1. The summed E-state index contributed by atoms with van der Waals surface area (Å²) in [4.78, 5) is 14.2. The van der Waals surface area contributed by atoms with Crippen molar-refractivity contribution in [3.8, 4) is 11.4 Å². The minimum absolute atomic E-state index is 0.101. The highest BCUT2D eigenvalue weighted by Gasteiger charge is 2.17. The van der Waals surface area contributed by atoms with Gasteiger partial charge in [0, 0.05) is 38.5 Å². The summed E-state index contributed by atoms with van der Waals surface area (Å²) in [7, 11) is 3.73. The molecule has 140 valence electrons. The Kier molecular flexibility index (Phi) is 5.88. The summed E-state index contributed by atoms with van der Waals surface area (Å²) in [5.41, 5.74) is 2.73. The molecule has 1 aromatic carbocycles. The second-order valence-electron chi connectivity index (χ2n) is 6.87. The molecule has 1 aromatic heterocycles. The Morgan fingerprint density at radius 1 is 1.46 bits per heavy atom. The molecule has 7 nitrogen and oxygen atoms in total. The molecule has 0 bridgehead atoms. The molecule has 1 aliphatic heterocycles. The van der Waals surface area contributed by atoms with E-state index >= 15 is 0 Å². The maximum Gasteiger partial charge on any atom is 0.321 e. The highest BCUT2D eigenvalue weighted by atomic mass is 16.5. The number of aryl methyl sites for hydroxylation is 1. The minimum atomic E-state index is -0.101. The molecular formula is C19H27N5O2. The number of nitrogens with zero attached hydrogens (tertiary/aromatic N) is 4. The first-order chi connectivity index (χ1) is 12.6. The van der Waals surface area contributed by atoms with Crippen LogP contribution in [0.25, 0.3) is 11.4 Å². The van der Waals surface area contributed by atoms with Crippen molar-refractivity contribution in [3.05, 3.63) is 30.1 Å². The van der Waals surface area contributed by atoms with E-state index in [2.05, 4.69) is 15.5 Å². The quantitative estimate of drug-likeness (QED) is 0.862. The molecule has 1 saturated heterocycles. The summed E-state index contributed by atoms with van der Waals surface area (Å²) < 4.78 is 7.50. The molecular weight excluding hydrogens is 330 g/mol. The Morgan fingerprint density at radius 3 is 3.00 bits per heavy atom. The van der Waals surface area contributed by atoms with Crippen molar-refractivity contribution < 1.29 is 9.53 Å². The van der Waals surface area contributed by atoms with Crippen molar-refractivity contribution in [2.24, 2.45) is 7.05 Å². The number of hydrogen-bond donors (Lipinski definition) is 1. The van der Waals surface area contributed by atoms with Crippen LogP contribution in [0.1, 0.15) is 31.2 Å². The van der Waals surface area contributed by atoms with Gasteiger partial charge in [-0.15, -0.1) is 10.2 Å². The lowest BCUT2D eigenvalue weighted by Crippen LogP contribution is -2.32. The fraction of sp³-hybridized carbons (Fsp3) is 0.526. The van der Waals surface area contributed by atoms with Gasteiger partial charge in [0.1, 0.15) is 6.33 Å². The Morgan fingerprint density at radius 2 is 2.31 bits per heavy atom. The first kappa shape index (κ1) is 18.4. The molecule has 0 radical (unpaired) electrons. The Labute approximate surface area is 154 Å². The van der Waals surface area contributed by atoms with E-state index < -0.39 is 0 Å². The third kappa shape index (κ3) is 4.22. The summed E-state index contributed by atoms with van der Waals surface area (Å²) in [5.74, 6) is 0.781. The minimum Gasteiger partial charge on any atom is -0.378 e. The van der Waals surface area contributed by atoms with Crippen LogP contribution in [0.2, 0.25) is 0 Å². The van der Waals surface area contributed by atoms with Gasteiger partial charge in [-0.05, 0) is 44.2 Å². The molecule has 1 N–H and O–H groups in total. The summed E-state index contributed by atoms with van der Waals surface area (Å²) in [6.45, 7) is 3.58. The molecule has 0 spiro atoms. The van der Waals surface area contributed by atoms with Crippen LogP contribution in [-0.2, 0) is 11.8 Å². The van der Waals surface area contributed by atoms with Gasteiger partial charge in [0.25, 0.3) is 0 Å². The number of amides is 2. The highest BCUT2D eigenvalue weighted by molar-refractivity contribution is 5.91. The Hall–Kier alpha value is -2.41. The third-order valence-electron chi connectivity index (χ3n) is 4.92. The van der Waals surface area contributed by atoms with E-state index in [1.165, 1.54) is 0 Å². The predicted octanol–water partition coefficient (Wildman–Crippen LogP) is 3.21. The maximum atomic E-state index is 12.5. The molecule has 1 fully saturated rings.